The summed E-state index contributed by atoms with van der Waals surface area (Å²) in [5, 5.41) is 6.72. The van der Waals surface area contributed by atoms with E-state index in [1.807, 2.05) is 25.3 Å². The molecule has 0 bridgehead atoms. The number of rotatable bonds is 6. The molecular formula is C19H31IN6O2S. The largest absolute Gasteiger partial charge is 0.357 e. The van der Waals surface area contributed by atoms with Gasteiger partial charge in [-0.25, -0.2) is 22.7 Å². The average molecular weight is 534 g/mol. The fourth-order valence-corrected chi connectivity index (χ4v) is 4.54. The van der Waals surface area contributed by atoms with Crippen LogP contribution in [0.4, 0.5) is 0 Å². The smallest absolute Gasteiger partial charge is 0.213 e. The van der Waals surface area contributed by atoms with E-state index in [0.717, 1.165) is 42.4 Å². The number of pyridine rings is 1. The predicted molar refractivity (Wildman–Crippen MR) is 127 cm³/mol. The van der Waals surface area contributed by atoms with Crippen LogP contribution in [0, 0.1) is 6.92 Å². The van der Waals surface area contributed by atoms with Crippen molar-refractivity contribution in [1.29, 1.82) is 0 Å². The summed E-state index contributed by atoms with van der Waals surface area (Å²) in [6.07, 6.45) is 3.57. The van der Waals surface area contributed by atoms with E-state index in [1.54, 1.807) is 11.2 Å². The van der Waals surface area contributed by atoms with E-state index >= 15 is 0 Å². The number of aromatic nitrogens is 2. The van der Waals surface area contributed by atoms with Crippen molar-refractivity contribution in [1.82, 2.24) is 24.3 Å². The number of nitrogens with zero attached hydrogens (tertiary/aromatic N) is 4. The summed E-state index contributed by atoms with van der Waals surface area (Å²) in [5.41, 5.74) is 2.97. The van der Waals surface area contributed by atoms with E-state index in [0.29, 0.717) is 19.6 Å². The van der Waals surface area contributed by atoms with Crippen LogP contribution in [0.15, 0.2) is 29.4 Å². The Hall–Kier alpha value is -1.40. The van der Waals surface area contributed by atoms with Crippen LogP contribution in [0.5, 0.6) is 0 Å². The molecule has 2 aromatic heterocycles. The lowest BCUT2D eigenvalue weighted by Gasteiger charge is -2.32. The molecule has 1 aliphatic rings. The molecule has 8 nitrogen and oxygen atoms in total. The van der Waals surface area contributed by atoms with Gasteiger partial charge in [-0.15, -0.1) is 24.0 Å². The number of guanidine groups is 1. The molecule has 0 amide bonds. The van der Waals surface area contributed by atoms with Crippen LogP contribution in [0.2, 0.25) is 0 Å². The van der Waals surface area contributed by atoms with E-state index in [1.165, 1.54) is 0 Å². The summed E-state index contributed by atoms with van der Waals surface area (Å²) in [6.45, 7) is 8.13. The molecule has 162 valence electrons. The van der Waals surface area contributed by atoms with Gasteiger partial charge in [0.1, 0.15) is 5.65 Å². The molecular weight excluding hydrogens is 503 g/mol. The number of hydrogen-bond donors (Lipinski definition) is 2. The van der Waals surface area contributed by atoms with Crippen molar-refractivity contribution in [2.24, 2.45) is 4.99 Å². The summed E-state index contributed by atoms with van der Waals surface area (Å²) in [6, 6.07) is 6.26. The molecule has 1 aliphatic heterocycles. The van der Waals surface area contributed by atoms with Crippen LogP contribution >= 0.6 is 24.0 Å². The van der Waals surface area contributed by atoms with E-state index in [4.69, 9.17) is 0 Å². The number of aryl methyl sites for hydroxylation is 1. The molecule has 0 saturated carbocycles. The number of imidazole rings is 1. The predicted octanol–water partition coefficient (Wildman–Crippen LogP) is 2.13. The van der Waals surface area contributed by atoms with Crippen LogP contribution in [-0.4, -0.2) is 59.5 Å². The molecule has 0 aromatic carbocycles. The van der Waals surface area contributed by atoms with Gasteiger partial charge in [-0.2, -0.15) is 0 Å². The van der Waals surface area contributed by atoms with E-state index in [9.17, 15) is 8.42 Å². The highest BCUT2D eigenvalue weighted by Crippen LogP contribution is 2.14. The van der Waals surface area contributed by atoms with Crippen molar-refractivity contribution in [3.63, 3.8) is 0 Å². The number of hydrogen-bond acceptors (Lipinski definition) is 4. The Morgan fingerprint density at radius 2 is 2.00 bits per heavy atom. The zero-order valence-corrected chi connectivity index (χ0v) is 20.4. The maximum Gasteiger partial charge on any atom is 0.213 e. The highest BCUT2D eigenvalue weighted by molar-refractivity contribution is 14.0. The highest BCUT2D eigenvalue weighted by Gasteiger charge is 2.27. The first-order valence-electron chi connectivity index (χ1n) is 9.89. The number of aliphatic imine (C=N–C) groups is 1. The van der Waals surface area contributed by atoms with Gasteiger partial charge >= 0.3 is 0 Å². The quantitative estimate of drug-likeness (QED) is 0.337. The molecule has 10 heteroatoms. The Morgan fingerprint density at radius 3 is 2.62 bits per heavy atom. The highest BCUT2D eigenvalue weighted by atomic mass is 127. The molecule has 1 fully saturated rings. The maximum absolute atomic E-state index is 12.0. The zero-order chi connectivity index (χ0) is 20.1. The lowest BCUT2D eigenvalue weighted by atomic mass is 10.1. The molecule has 0 atom stereocenters. The van der Waals surface area contributed by atoms with Crippen molar-refractivity contribution >= 4 is 45.6 Å². The van der Waals surface area contributed by atoms with Crippen molar-refractivity contribution in [2.45, 2.75) is 46.2 Å². The minimum absolute atomic E-state index is 0. The number of piperidine rings is 1. The normalized spacial score (nSPS) is 16.6. The third kappa shape index (κ3) is 6.05. The summed E-state index contributed by atoms with van der Waals surface area (Å²) in [7, 11) is -3.10. The Balaban J connectivity index is 0.00000300. The fourth-order valence-electron chi connectivity index (χ4n) is 3.41. The topological polar surface area (TPSA) is 91.1 Å². The van der Waals surface area contributed by atoms with E-state index in [2.05, 4.69) is 38.0 Å². The number of halogens is 1. The summed E-state index contributed by atoms with van der Waals surface area (Å²) < 4.78 is 27.7. The van der Waals surface area contributed by atoms with Gasteiger partial charge in [0, 0.05) is 37.6 Å². The standard InChI is InChI=1S/C19H30N6O2S.HI/c1-4-20-19(23-16-9-11-24(12-10-16)28(26,27)5-2)21-13-17-14-25-15(3)7-6-8-18(25)22-17;/h6-8,14,16H,4-5,9-13H2,1-3H3,(H2,20,21,23);1H. The van der Waals surface area contributed by atoms with Crippen LogP contribution in [0.25, 0.3) is 5.65 Å². The molecule has 0 spiro atoms. The summed E-state index contributed by atoms with van der Waals surface area (Å²) >= 11 is 0. The number of sulfonamides is 1. The Kier molecular flexibility index (Phi) is 8.71. The van der Waals surface area contributed by atoms with Gasteiger partial charge in [0.15, 0.2) is 5.96 Å². The van der Waals surface area contributed by atoms with Crippen LogP contribution < -0.4 is 10.6 Å². The van der Waals surface area contributed by atoms with E-state index < -0.39 is 10.0 Å². The minimum atomic E-state index is -3.10. The number of fused-ring (bicyclic) bond motifs is 1. The third-order valence-corrected chi connectivity index (χ3v) is 6.92. The maximum atomic E-state index is 12.0. The fraction of sp³-hybridized carbons (Fsp3) is 0.579. The van der Waals surface area contributed by atoms with Gasteiger partial charge < -0.3 is 15.0 Å². The first-order valence-corrected chi connectivity index (χ1v) is 11.5. The summed E-state index contributed by atoms with van der Waals surface area (Å²) in [4.78, 5) is 9.30. The molecule has 3 rings (SSSR count). The first kappa shape index (κ1) is 23.9. The number of nitrogens with one attached hydrogen (secondary N) is 2. The van der Waals surface area contributed by atoms with Gasteiger partial charge in [-0.1, -0.05) is 6.07 Å². The van der Waals surface area contributed by atoms with Gasteiger partial charge in [-0.3, -0.25) is 0 Å². The zero-order valence-electron chi connectivity index (χ0n) is 17.3. The molecule has 0 aliphatic carbocycles. The second-order valence-corrected chi connectivity index (χ2v) is 9.30. The Labute approximate surface area is 190 Å². The van der Waals surface area contributed by atoms with Crippen LogP contribution in [0.3, 0.4) is 0 Å². The monoisotopic (exact) mass is 534 g/mol. The molecule has 1 saturated heterocycles. The van der Waals surface area contributed by atoms with Crippen molar-refractivity contribution < 1.29 is 8.42 Å². The molecule has 2 aromatic rings. The second kappa shape index (κ2) is 10.6. The molecule has 3 heterocycles. The Bertz CT molecular complexity index is 935. The third-order valence-electron chi connectivity index (χ3n) is 5.04. The minimum Gasteiger partial charge on any atom is -0.357 e. The van der Waals surface area contributed by atoms with Gasteiger partial charge in [0.05, 0.1) is 18.0 Å². The molecule has 0 unspecified atom stereocenters. The molecule has 29 heavy (non-hydrogen) atoms. The van der Waals surface area contributed by atoms with Gasteiger partial charge in [0.2, 0.25) is 10.0 Å². The van der Waals surface area contributed by atoms with Crippen molar-refractivity contribution in [3.05, 3.63) is 35.8 Å². The SMILES string of the molecule is CCNC(=NCc1cn2c(C)cccc2n1)NC1CCN(S(=O)(=O)CC)CC1.I. The molecule has 2 N–H and O–H groups in total. The van der Waals surface area contributed by atoms with Crippen LogP contribution in [-0.2, 0) is 16.6 Å². The summed E-state index contributed by atoms with van der Waals surface area (Å²) in [5.74, 6) is 0.904. The second-order valence-electron chi connectivity index (χ2n) is 7.04. The van der Waals surface area contributed by atoms with Crippen LogP contribution in [0.1, 0.15) is 38.1 Å². The van der Waals surface area contributed by atoms with Gasteiger partial charge in [-0.05, 0) is 45.7 Å². The average Bonchev–Trinajstić information content (AvgIpc) is 3.11. The lowest BCUT2D eigenvalue weighted by Crippen LogP contribution is -2.50. The van der Waals surface area contributed by atoms with Crippen molar-refractivity contribution in [2.75, 3.05) is 25.4 Å². The van der Waals surface area contributed by atoms with Gasteiger partial charge in [0.25, 0.3) is 0 Å². The first-order chi connectivity index (χ1) is 13.4. The molecule has 0 radical (unpaired) electrons. The Morgan fingerprint density at radius 1 is 1.28 bits per heavy atom. The van der Waals surface area contributed by atoms with Crippen molar-refractivity contribution in [3.8, 4) is 0 Å². The van der Waals surface area contributed by atoms with E-state index in [-0.39, 0.29) is 35.8 Å². The lowest BCUT2D eigenvalue weighted by molar-refractivity contribution is 0.306.